The van der Waals surface area contributed by atoms with E-state index in [4.69, 9.17) is 4.74 Å². The molecule has 1 N–H and O–H groups in total. The summed E-state index contributed by atoms with van der Waals surface area (Å²) >= 11 is 0. The fraction of sp³-hybridized carbons (Fsp3) is 0.857. The molecule has 0 radical (unpaired) electrons. The van der Waals surface area contributed by atoms with Gasteiger partial charge in [-0.05, 0) is 39.8 Å². The highest BCUT2D eigenvalue weighted by atomic mass is 28.4. The molecule has 0 saturated carbocycles. The van der Waals surface area contributed by atoms with Gasteiger partial charge in [0, 0.05) is 0 Å². The van der Waals surface area contributed by atoms with Gasteiger partial charge in [0.05, 0.1) is 11.8 Å². The lowest BCUT2D eigenvalue weighted by Gasteiger charge is -2.30. The van der Waals surface area contributed by atoms with E-state index in [2.05, 4.69) is 20.4 Å². The zero-order valence-electron chi connectivity index (χ0n) is 12.3. The van der Waals surface area contributed by atoms with E-state index in [1.807, 2.05) is 20.0 Å². The van der Waals surface area contributed by atoms with Crippen LogP contribution >= 0.6 is 0 Å². The molecule has 0 aromatic carbocycles. The van der Waals surface area contributed by atoms with Gasteiger partial charge in [0.2, 0.25) is 8.32 Å². The van der Waals surface area contributed by atoms with Crippen LogP contribution in [-0.2, 0) is 4.74 Å². The van der Waals surface area contributed by atoms with Crippen LogP contribution in [-0.4, -0.2) is 24.9 Å². The average Bonchev–Trinajstić information content (AvgIpc) is 2.13. The van der Waals surface area contributed by atoms with Gasteiger partial charge in [-0.3, -0.25) is 0 Å². The van der Waals surface area contributed by atoms with Crippen LogP contribution in [0, 0.1) is 0 Å². The van der Waals surface area contributed by atoms with E-state index in [1.165, 1.54) is 12.8 Å². The molecule has 17 heavy (non-hydrogen) atoms. The highest BCUT2D eigenvalue weighted by Crippen LogP contribution is 2.20. The van der Waals surface area contributed by atoms with E-state index in [9.17, 15) is 4.80 Å². The Morgan fingerprint density at radius 2 is 1.94 bits per heavy atom. The lowest BCUT2D eigenvalue weighted by molar-refractivity contribution is 0.0242. The molecule has 0 spiro atoms. The Kier molecular flexibility index (Phi) is 8.00. The number of hydrogen-bond donors (Lipinski definition) is 1. The summed E-state index contributed by atoms with van der Waals surface area (Å²) in [5.41, 5.74) is 1.20. The highest BCUT2D eigenvalue weighted by Gasteiger charge is 2.31. The lowest BCUT2D eigenvalue weighted by atomic mass is 10.1. The predicted octanol–water partition coefficient (Wildman–Crippen LogP) is 4.04. The van der Waals surface area contributed by atoms with E-state index in [1.54, 1.807) is 0 Å². The van der Waals surface area contributed by atoms with Crippen LogP contribution in [0.4, 0.5) is 0 Å². The Labute approximate surface area is 108 Å². The minimum Gasteiger partial charge on any atom is -0.430 e. The highest BCUT2D eigenvalue weighted by molar-refractivity contribution is 6.71. The molecule has 0 bridgehead atoms. The number of unbranched alkanes of at least 4 members (excludes halogenated alkanes) is 2. The maximum absolute atomic E-state index is 10.3. The van der Waals surface area contributed by atoms with Crippen molar-refractivity contribution in [2.45, 2.75) is 77.8 Å². The molecule has 0 aliphatic carbocycles. The van der Waals surface area contributed by atoms with Gasteiger partial charge in [-0.25, -0.2) is 0 Å². The first-order valence-corrected chi connectivity index (χ1v) is 9.82. The van der Waals surface area contributed by atoms with Gasteiger partial charge in [-0.1, -0.05) is 31.8 Å². The Bertz CT molecular complexity index is 221. The monoisotopic (exact) mass is 258 g/mol. The van der Waals surface area contributed by atoms with Crippen LogP contribution in [0.2, 0.25) is 13.1 Å². The van der Waals surface area contributed by atoms with Gasteiger partial charge in [0.15, 0.2) is 0 Å². The summed E-state index contributed by atoms with van der Waals surface area (Å²) in [7, 11) is -2.20. The van der Waals surface area contributed by atoms with Gasteiger partial charge < -0.3 is 9.53 Å². The third kappa shape index (κ3) is 8.58. The van der Waals surface area contributed by atoms with Crippen molar-refractivity contribution >= 4 is 8.32 Å². The van der Waals surface area contributed by atoms with Crippen molar-refractivity contribution in [3.8, 4) is 0 Å². The van der Waals surface area contributed by atoms with E-state index in [0.29, 0.717) is 0 Å². The zero-order valence-corrected chi connectivity index (χ0v) is 13.3. The second kappa shape index (κ2) is 8.06. The Morgan fingerprint density at radius 1 is 1.35 bits per heavy atom. The molecular weight excluding hydrogens is 228 g/mol. The number of rotatable bonds is 9. The molecule has 0 rings (SSSR count). The molecule has 0 aromatic heterocycles. The summed E-state index contributed by atoms with van der Waals surface area (Å²) in [6, 6.07) is 0. The maximum Gasteiger partial charge on any atom is 0.210 e. The summed E-state index contributed by atoms with van der Waals surface area (Å²) in [5.74, 6) is 0. The molecule has 0 aliphatic heterocycles. The summed E-state index contributed by atoms with van der Waals surface area (Å²) in [5, 5.41) is 0. The van der Waals surface area contributed by atoms with Gasteiger partial charge in [-0.2, -0.15) is 0 Å². The van der Waals surface area contributed by atoms with Crippen molar-refractivity contribution in [1.29, 1.82) is 0 Å². The SMILES string of the molecule is C=C(C)CC(C)OC(CCCCC)[Si](C)(C)O. The van der Waals surface area contributed by atoms with Gasteiger partial charge >= 0.3 is 0 Å². The number of ether oxygens (including phenoxy) is 1. The molecule has 0 aromatic rings. The molecule has 0 aliphatic rings. The first-order chi connectivity index (χ1) is 7.77. The third-order valence-corrected chi connectivity index (χ3v) is 4.89. The van der Waals surface area contributed by atoms with Gasteiger partial charge in [0.1, 0.15) is 0 Å². The van der Waals surface area contributed by atoms with Gasteiger partial charge in [0.25, 0.3) is 0 Å². The zero-order chi connectivity index (χ0) is 13.5. The van der Waals surface area contributed by atoms with Crippen molar-refractivity contribution in [1.82, 2.24) is 0 Å². The van der Waals surface area contributed by atoms with Crippen LogP contribution in [0.1, 0.15) is 52.9 Å². The van der Waals surface area contributed by atoms with Crippen LogP contribution in [0.15, 0.2) is 12.2 Å². The molecule has 3 heteroatoms. The second-order valence-electron chi connectivity index (χ2n) is 5.75. The quantitative estimate of drug-likeness (QED) is 0.384. The molecule has 2 atom stereocenters. The van der Waals surface area contributed by atoms with Crippen molar-refractivity contribution in [3.63, 3.8) is 0 Å². The Morgan fingerprint density at radius 3 is 2.35 bits per heavy atom. The second-order valence-corrected chi connectivity index (χ2v) is 9.70. The van der Waals surface area contributed by atoms with Crippen molar-refractivity contribution in [3.05, 3.63) is 12.2 Å². The summed E-state index contributed by atoms with van der Waals surface area (Å²) < 4.78 is 6.02. The minimum atomic E-state index is -2.20. The van der Waals surface area contributed by atoms with Crippen LogP contribution in [0.5, 0.6) is 0 Å². The van der Waals surface area contributed by atoms with Crippen LogP contribution < -0.4 is 0 Å². The summed E-state index contributed by atoms with van der Waals surface area (Å²) in [6.45, 7) is 14.1. The summed E-state index contributed by atoms with van der Waals surface area (Å²) in [6.07, 6.45) is 5.62. The fourth-order valence-electron chi connectivity index (χ4n) is 1.99. The van der Waals surface area contributed by atoms with Crippen molar-refractivity contribution in [2.24, 2.45) is 0 Å². The van der Waals surface area contributed by atoms with Crippen molar-refractivity contribution < 1.29 is 9.53 Å². The topological polar surface area (TPSA) is 29.5 Å². The average molecular weight is 258 g/mol. The summed E-state index contributed by atoms with van der Waals surface area (Å²) in [4.78, 5) is 10.3. The Hall–Kier alpha value is -0.123. The largest absolute Gasteiger partial charge is 0.430 e. The molecule has 2 nitrogen and oxygen atoms in total. The predicted molar refractivity (Wildman–Crippen MR) is 77.6 cm³/mol. The third-order valence-electron chi connectivity index (χ3n) is 2.89. The first-order valence-electron chi connectivity index (χ1n) is 6.79. The smallest absolute Gasteiger partial charge is 0.210 e. The van der Waals surface area contributed by atoms with Crippen LogP contribution in [0.3, 0.4) is 0 Å². The maximum atomic E-state index is 10.3. The van der Waals surface area contributed by atoms with E-state index in [-0.39, 0.29) is 11.8 Å². The van der Waals surface area contributed by atoms with Crippen molar-refractivity contribution in [2.75, 3.05) is 0 Å². The molecule has 0 amide bonds. The normalized spacial score (nSPS) is 15.6. The molecular formula is C14H30O2Si. The Balaban J connectivity index is 4.23. The number of hydrogen-bond acceptors (Lipinski definition) is 2. The molecule has 2 unspecified atom stereocenters. The minimum absolute atomic E-state index is 0.0587. The van der Waals surface area contributed by atoms with Gasteiger partial charge in [-0.15, -0.1) is 6.58 Å². The van der Waals surface area contributed by atoms with Crippen LogP contribution in [0.25, 0.3) is 0 Å². The van der Waals surface area contributed by atoms with E-state index in [0.717, 1.165) is 24.8 Å². The molecule has 0 saturated heterocycles. The molecule has 102 valence electrons. The van der Waals surface area contributed by atoms with E-state index < -0.39 is 8.32 Å². The lowest BCUT2D eigenvalue weighted by Crippen LogP contribution is -2.45. The molecule has 0 fully saturated rings. The van der Waals surface area contributed by atoms with E-state index >= 15 is 0 Å². The fourth-order valence-corrected chi connectivity index (χ4v) is 3.46. The first kappa shape index (κ1) is 16.9. The standard InChI is InChI=1S/C14H30O2Si/c1-7-8-9-10-14(17(5,6)15)16-13(4)11-12(2)3/h13-15H,2,7-11H2,1,3-6H3. The molecule has 0 heterocycles.